The molecule has 3 aliphatic rings. The molecule has 3 aliphatic heterocycles. The van der Waals surface area contributed by atoms with E-state index in [1.54, 1.807) is 24.4 Å². The van der Waals surface area contributed by atoms with Crippen LogP contribution < -0.4 is 42.7 Å². The first kappa shape index (κ1) is 25.1. The van der Waals surface area contributed by atoms with E-state index in [1.807, 2.05) is 43.3 Å². The van der Waals surface area contributed by atoms with E-state index in [-0.39, 0.29) is 24.8 Å². The third-order valence-electron chi connectivity index (χ3n) is 7.32. The van der Waals surface area contributed by atoms with Gasteiger partial charge in [-0.2, -0.15) is 13.2 Å². The fourth-order valence-corrected chi connectivity index (χ4v) is 6.65. The van der Waals surface area contributed by atoms with Crippen LogP contribution in [0.15, 0.2) is 65.2 Å². The van der Waals surface area contributed by atoms with Crippen LogP contribution in [-0.2, 0) is 22.9 Å². The van der Waals surface area contributed by atoms with Gasteiger partial charge in [0.05, 0.1) is 0 Å². The summed E-state index contributed by atoms with van der Waals surface area (Å²) in [6, 6.07) is 15.0. The first-order valence-corrected chi connectivity index (χ1v) is 14.0. The van der Waals surface area contributed by atoms with Gasteiger partial charge in [0.25, 0.3) is 0 Å². The topological polar surface area (TPSA) is 77.3 Å². The monoisotopic (exact) mass is 662 g/mol. The van der Waals surface area contributed by atoms with Crippen LogP contribution in [0.3, 0.4) is 0 Å². The van der Waals surface area contributed by atoms with Gasteiger partial charge in [0.2, 0.25) is 0 Å². The molecular weight excluding hydrogens is 642 g/mol. The Hall–Kier alpha value is -3.94. The van der Waals surface area contributed by atoms with Crippen LogP contribution in [-0.4, -0.2) is 31.6 Å². The van der Waals surface area contributed by atoms with Crippen LogP contribution in [0.5, 0.6) is 17.2 Å². The summed E-state index contributed by atoms with van der Waals surface area (Å²) in [4.78, 5) is 22.4. The average Bonchev–Trinajstić information content (AvgIpc) is 3.71. The van der Waals surface area contributed by atoms with Crippen molar-refractivity contribution in [2.24, 2.45) is 0 Å². The normalized spacial score (nSPS) is 18.9. The molecule has 7 rings (SSSR count). The Kier molecular flexibility index (Phi) is 5.50. The molecule has 0 fully saturated rings. The van der Waals surface area contributed by atoms with E-state index in [0.29, 0.717) is 34.1 Å². The Morgan fingerprint density at radius 3 is 2.55 bits per heavy atom. The standard InChI is InChI=1S/C28H20F3IN3O5/c1-34(2)24-9-6-15(12-33-24)17-4-3-5-19-25(17)27(14-37-20-11-22-21(10-18(20)27)39-32-40-22)26(36)35(19)13-16-7-8-23(38-16)28(29,30)31/h3-12H,13-14H2,1-2H3/q-1. The zero-order valence-electron chi connectivity index (χ0n) is 21.1. The van der Waals surface area contributed by atoms with Crippen molar-refractivity contribution in [1.82, 2.24) is 4.98 Å². The molecular formula is C28H20F3IN3O5-. The van der Waals surface area contributed by atoms with Crippen LogP contribution in [0.1, 0.15) is 22.6 Å². The molecule has 1 atom stereocenters. The molecule has 0 aliphatic carbocycles. The third kappa shape index (κ3) is 3.64. The zero-order chi connectivity index (χ0) is 27.8. The van der Waals surface area contributed by atoms with E-state index < -0.39 is 39.4 Å². The number of anilines is 2. The number of halogens is 4. The summed E-state index contributed by atoms with van der Waals surface area (Å²) in [6.07, 6.45) is -2.89. The molecule has 4 aromatic rings. The van der Waals surface area contributed by atoms with Crippen molar-refractivity contribution in [3.05, 3.63) is 83.4 Å². The molecule has 0 N–H and O–H groups in total. The minimum absolute atomic E-state index is 0.00872. The second kappa shape index (κ2) is 8.78. The molecule has 1 unspecified atom stereocenters. The molecule has 40 heavy (non-hydrogen) atoms. The molecule has 12 heteroatoms. The van der Waals surface area contributed by atoms with E-state index in [1.165, 1.54) is 11.0 Å². The van der Waals surface area contributed by atoms with E-state index >= 15 is 0 Å². The van der Waals surface area contributed by atoms with Crippen molar-refractivity contribution in [1.29, 1.82) is 0 Å². The van der Waals surface area contributed by atoms with Crippen LogP contribution >= 0.6 is 0 Å². The van der Waals surface area contributed by atoms with Crippen LogP contribution in [0, 0.1) is 0 Å². The van der Waals surface area contributed by atoms with Gasteiger partial charge in [0, 0.05) is 14.1 Å². The summed E-state index contributed by atoms with van der Waals surface area (Å²) in [6.45, 7) is -0.176. The van der Waals surface area contributed by atoms with Crippen molar-refractivity contribution < 1.29 is 55.3 Å². The number of benzene rings is 2. The van der Waals surface area contributed by atoms with Gasteiger partial charge >= 0.3 is 211 Å². The number of furan rings is 1. The molecule has 1 spiro atoms. The van der Waals surface area contributed by atoms with E-state index in [9.17, 15) is 18.0 Å². The SMILES string of the molecule is CN(C)c1ccc(-c2cccc3c2C2(COc4cc5c(cc42)O[I-]O5)C(=O)N3Cc2ccc(C(F)(F)F)o2)cn1. The summed E-state index contributed by atoms with van der Waals surface area (Å²) < 4.78 is 62.3. The van der Waals surface area contributed by atoms with E-state index in [2.05, 4.69) is 4.98 Å². The Bertz CT molecular complexity index is 1670. The molecule has 0 bridgehead atoms. The van der Waals surface area contributed by atoms with Gasteiger partial charge < -0.3 is 0 Å². The fourth-order valence-electron chi connectivity index (χ4n) is 5.48. The van der Waals surface area contributed by atoms with Crippen LogP contribution in [0.25, 0.3) is 11.1 Å². The van der Waals surface area contributed by atoms with E-state index in [0.717, 1.165) is 23.0 Å². The first-order valence-electron chi connectivity index (χ1n) is 12.2. The van der Waals surface area contributed by atoms with E-state index in [4.69, 9.17) is 15.3 Å². The number of carbonyl (C=O) groups is 1. The second-order valence-corrected chi connectivity index (χ2v) is 11.1. The zero-order valence-corrected chi connectivity index (χ0v) is 23.2. The Balaban J connectivity index is 1.41. The first-order chi connectivity index (χ1) is 19.2. The van der Waals surface area contributed by atoms with Gasteiger partial charge in [-0.25, -0.2) is 0 Å². The van der Waals surface area contributed by atoms with Gasteiger partial charge in [0.1, 0.15) is 0 Å². The maximum absolute atomic E-state index is 14.5. The van der Waals surface area contributed by atoms with Crippen LogP contribution in [0.4, 0.5) is 24.7 Å². The Morgan fingerprint density at radius 2 is 1.85 bits per heavy atom. The number of aromatic nitrogens is 1. The number of amides is 1. The number of ether oxygens (including phenoxy) is 1. The van der Waals surface area contributed by atoms with Crippen molar-refractivity contribution in [2.45, 2.75) is 18.1 Å². The Morgan fingerprint density at radius 1 is 1.05 bits per heavy atom. The fraction of sp³-hybridized carbons (Fsp3) is 0.214. The number of pyridine rings is 1. The van der Waals surface area contributed by atoms with Gasteiger partial charge in [-0.3, -0.25) is 0 Å². The molecule has 5 heterocycles. The molecule has 0 saturated heterocycles. The number of nitrogens with zero attached hydrogens (tertiary/aromatic N) is 3. The molecule has 8 nitrogen and oxygen atoms in total. The summed E-state index contributed by atoms with van der Waals surface area (Å²) >= 11 is -0.954. The van der Waals surface area contributed by atoms with Crippen molar-refractivity contribution in [2.75, 3.05) is 30.5 Å². The summed E-state index contributed by atoms with van der Waals surface area (Å²) in [7, 11) is 3.79. The summed E-state index contributed by atoms with van der Waals surface area (Å²) in [5.74, 6) is 0.953. The molecule has 0 radical (unpaired) electrons. The van der Waals surface area contributed by atoms with Gasteiger partial charge in [0.15, 0.2) is 0 Å². The molecule has 0 saturated carbocycles. The number of hydrogen-bond acceptors (Lipinski definition) is 7. The Labute approximate surface area is 237 Å². The summed E-state index contributed by atoms with van der Waals surface area (Å²) in [5.41, 5.74) is 2.16. The molecule has 1 amide bonds. The van der Waals surface area contributed by atoms with Crippen LogP contribution in [0.2, 0.25) is 0 Å². The van der Waals surface area contributed by atoms with Crippen molar-refractivity contribution >= 4 is 17.4 Å². The quantitative estimate of drug-likeness (QED) is 0.311. The number of fused-ring (bicyclic) bond motifs is 5. The molecule has 2 aromatic carbocycles. The summed E-state index contributed by atoms with van der Waals surface area (Å²) in [5, 5.41) is 0. The second-order valence-electron chi connectivity index (χ2n) is 9.86. The average molecular weight is 662 g/mol. The number of alkyl halides is 3. The predicted octanol–water partition coefficient (Wildman–Crippen LogP) is 2.34. The molecule has 206 valence electrons. The van der Waals surface area contributed by atoms with Crippen molar-refractivity contribution in [3.8, 4) is 28.4 Å². The minimum atomic E-state index is -4.63. The van der Waals surface area contributed by atoms with Gasteiger partial charge in [-0.05, 0) is 0 Å². The van der Waals surface area contributed by atoms with Crippen molar-refractivity contribution in [3.63, 3.8) is 0 Å². The third-order valence-corrected chi connectivity index (χ3v) is 8.63. The van der Waals surface area contributed by atoms with Gasteiger partial charge in [-0.1, -0.05) is 0 Å². The number of rotatable bonds is 4. The maximum atomic E-state index is 14.5. The number of carbonyl (C=O) groups excluding carboxylic acids is 1. The predicted molar refractivity (Wildman–Crippen MR) is 133 cm³/mol. The number of hydrogen-bond donors (Lipinski definition) is 0. The molecule has 2 aromatic heterocycles. The van der Waals surface area contributed by atoms with Gasteiger partial charge in [-0.15, -0.1) is 0 Å².